The highest BCUT2D eigenvalue weighted by molar-refractivity contribution is 5.75. The third-order valence-corrected chi connectivity index (χ3v) is 3.33. The molecule has 0 bridgehead atoms. The molecular weight excluding hydrogens is 234 g/mol. The van der Waals surface area contributed by atoms with Crippen LogP contribution >= 0.6 is 0 Å². The molecule has 1 unspecified atom stereocenters. The van der Waals surface area contributed by atoms with E-state index >= 15 is 0 Å². The van der Waals surface area contributed by atoms with Gasteiger partial charge in [-0.2, -0.15) is 0 Å². The molecule has 0 spiro atoms. The van der Waals surface area contributed by atoms with Gasteiger partial charge in [-0.3, -0.25) is 4.79 Å². The Morgan fingerprint density at radius 2 is 2.17 bits per heavy atom. The van der Waals surface area contributed by atoms with Gasteiger partial charge in [0.05, 0.1) is 6.42 Å². The van der Waals surface area contributed by atoms with Crippen LogP contribution in [0.1, 0.15) is 19.8 Å². The average molecular weight is 257 g/mol. The largest absolute Gasteiger partial charge is 0.481 e. The van der Waals surface area contributed by atoms with Crippen molar-refractivity contribution in [2.45, 2.75) is 19.8 Å². The minimum atomic E-state index is -0.901. The quantitative estimate of drug-likeness (QED) is 0.750. The summed E-state index contributed by atoms with van der Waals surface area (Å²) in [5.41, 5.74) is 0.133. The van der Waals surface area contributed by atoms with E-state index in [9.17, 15) is 9.59 Å². The second-order valence-electron chi connectivity index (χ2n) is 5.53. The molecule has 104 valence electrons. The minimum absolute atomic E-state index is 0.0421. The van der Waals surface area contributed by atoms with Crippen molar-refractivity contribution in [1.82, 2.24) is 15.1 Å². The smallest absolute Gasteiger partial charge is 0.317 e. The van der Waals surface area contributed by atoms with Crippen molar-refractivity contribution in [3.05, 3.63) is 0 Å². The van der Waals surface area contributed by atoms with Crippen LogP contribution in [-0.4, -0.2) is 67.2 Å². The van der Waals surface area contributed by atoms with E-state index < -0.39 is 5.97 Å². The molecule has 0 aromatic heterocycles. The third-order valence-electron chi connectivity index (χ3n) is 3.33. The van der Waals surface area contributed by atoms with Gasteiger partial charge in [0.25, 0.3) is 0 Å². The Balaban J connectivity index is 2.33. The number of carbonyl (C=O) groups is 2. The van der Waals surface area contributed by atoms with E-state index in [1.165, 1.54) is 0 Å². The Kier molecular flexibility index (Phi) is 4.95. The number of likely N-dealkylation sites (tertiary alicyclic amines) is 1. The standard InChI is InChI=1S/C12H23N3O3/c1-12(5-7-14(2)8-12)9-15(3)11(18)13-6-4-10(16)17/h4-9H2,1-3H3,(H,13,18)(H,16,17). The molecule has 1 saturated heterocycles. The number of urea groups is 1. The Labute approximate surface area is 108 Å². The monoisotopic (exact) mass is 257 g/mol. The number of amides is 2. The summed E-state index contributed by atoms with van der Waals surface area (Å²) in [4.78, 5) is 26.0. The molecule has 2 N–H and O–H groups in total. The normalized spacial score (nSPS) is 23.9. The molecular formula is C12H23N3O3. The number of carbonyl (C=O) groups excluding carboxylic acids is 1. The molecule has 0 aromatic carbocycles. The SMILES string of the molecule is CN1CCC(C)(CN(C)C(=O)NCCC(=O)O)C1. The van der Waals surface area contributed by atoms with Gasteiger partial charge in [-0.05, 0) is 25.4 Å². The zero-order valence-electron chi connectivity index (χ0n) is 11.4. The number of aliphatic carboxylic acids is 1. The van der Waals surface area contributed by atoms with E-state index in [1.54, 1.807) is 11.9 Å². The first-order valence-electron chi connectivity index (χ1n) is 6.22. The van der Waals surface area contributed by atoms with Gasteiger partial charge in [0.2, 0.25) is 0 Å². The Hall–Kier alpha value is -1.30. The van der Waals surface area contributed by atoms with Crippen LogP contribution in [0.4, 0.5) is 4.79 Å². The fourth-order valence-electron chi connectivity index (χ4n) is 2.46. The van der Waals surface area contributed by atoms with Gasteiger partial charge < -0.3 is 20.2 Å². The lowest BCUT2D eigenvalue weighted by Crippen LogP contribution is -2.44. The van der Waals surface area contributed by atoms with Crippen LogP contribution in [0.5, 0.6) is 0 Å². The van der Waals surface area contributed by atoms with E-state index in [0.29, 0.717) is 6.54 Å². The Morgan fingerprint density at radius 3 is 2.67 bits per heavy atom. The van der Waals surface area contributed by atoms with Gasteiger partial charge in [-0.25, -0.2) is 4.79 Å². The number of nitrogens with one attached hydrogen (secondary N) is 1. The highest BCUT2D eigenvalue weighted by atomic mass is 16.4. The molecule has 2 amide bonds. The van der Waals surface area contributed by atoms with Crippen LogP contribution in [0, 0.1) is 5.41 Å². The van der Waals surface area contributed by atoms with Crippen LogP contribution in [0.2, 0.25) is 0 Å². The van der Waals surface area contributed by atoms with Crippen LogP contribution in [0.3, 0.4) is 0 Å². The zero-order valence-corrected chi connectivity index (χ0v) is 11.4. The lowest BCUT2D eigenvalue weighted by molar-refractivity contribution is -0.136. The van der Waals surface area contributed by atoms with Crippen molar-refractivity contribution in [2.75, 3.05) is 40.3 Å². The van der Waals surface area contributed by atoms with Crippen LogP contribution < -0.4 is 5.32 Å². The van der Waals surface area contributed by atoms with Crippen molar-refractivity contribution < 1.29 is 14.7 Å². The van der Waals surface area contributed by atoms with Crippen LogP contribution in [0.25, 0.3) is 0 Å². The van der Waals surface area contributed by atoms with Gasteiger partial charge >= 0.3 is 12.0 Å². The van der Waals surface area contributed by atoms with E-state index in [-0.39, 0.29) is 24.4 Å². The van der Waals surface area contributed by atoms with E-state index in [2.05, 4.69) is 24.2 Å². The second kappa shape index (κ2) is 6.04. The van der Waals surface area contributed by atoms with E-state index in [4.69, 9.17) is 5.11 Å². The van der Waals surface area contributed by atoms with Gasteiger partial charge in [-0.15, -0.1) is 0 Å². The molecule has 1 aliphatic heterocycles. The van der Waals surface area contributed by atoms with Gasteiger partial charge in [0.15, 0.2) is 0 Å². The van der Waals surface area contributed by atoms with Crippen molar-refractivity contribution in [3.63, 3.8) is 0 Å². The van der Waals surface area contributed by atoms with Crippen LogP contribution in [-0.2, 0) is 4.79 Å². The zero-order chi connectivity index (χ0) is 13.8. The number of rotatable bonds is 5. The molecule has 1 atom stereocenters. The van der Waals surface area contributed by atoms with Crippen molar-refractivity contribution >= 4 is 12.0 Å². The maximum atomic E-state index is 11.7. The maximum Gasteiger partial charge on any atom is 0.317 e. The number of hydrogen-bond donors (Lipinski definition) is 2. The highest BCUT2D eigenvalue weighted by Gasteiger charge is 2.33. The number of carboxylic acid groups (broad SMARTS) is 1. The summed E-state index contributed by atoms with van der Waals surface area (Å²) in [7, 11) is 3.83. The summed E-state index contributed by atoms with van der Waals surface area (Å²) in [6.45, 7) is 5.09. The van der Waals surface area contributed by atoms with Crippen molar-refractivity contribution in [2.24, 2.45) is 5.41 Å². The molecule has 0 saturated carbocycles. The predicted molar refractivity (Wildman–Crippen MR) is 68.5 cm³/mol. The fraction of sp³-hybridized carbons (Fsp3) is 0.833. The summed E-state index contributed by atoms with van der Waals surface area (Å²) in [6.07, 6.45) is 1.04. The van der Waals surface area contributed by atoms with Crippen molar-refractivity contribution in [1.29, 1.82) is 0 Å². The Bertz CT molecular complexity index is 322. The molecule has 0 aliphatic carbocycles. The molecule has 6 heteroatoms. The third kappa shape index (κ3) is 4.52. The summed E-state index contributed by atoms with van der Waals surface area (Å²) >= 11 is 0. The summed E-state index contributed by atoms with van der Waals surface area (Å²) in [5.74, 6) is -0.901. The van der Waals surface area contributed by atoms with E-state index in [1.807, 2.05) is 0 Å². The molecule has 1 rings (SSSR count). The molecule has 0 radical (unpaired) electrons. The molecule has 1 heterocycles. The fourth-order valence-corrected chi connectivity index (χ4v) is 2.46. The van der Waals surface area contributed by atoms with Crippen LogP contribution in [0.15, 0.2) is 0 Å². The van der Waals surface area contributed by atoms with Crippen molar-refractivity contribution in [3.8, 4) is 0 Å². The van der Waals surface area contributed by atoms with E-state index in [0.717, 1.165) is 19.5 Å². The maximum absolute atomic E-state index is 11.7. The number of hydrogen-bond acceptors (Lipinski definition) is 3. The first-order chi connectivity index (χ1) is 8.32. The lowest BCUT2D eigenvalue weighted by atomic mass is 9.89. The summed E-state index contributed by atoms with van der Waals surface area (Å²) in [6, 6.07) is -0.202. The summed E-state index contributed by atoms with van der Waals surface area (Å²) in [5, 5.41) is 11.1. The first kappa shape index (κ1) is 14.8. The van der Waals surface area contributed by atoms with Gasteiger partial charge in [0.1, 0.15) is 0 Å². The molecule has 1 aliphatic rings. The Morgan fingerprint density at radius 1 is 1.50 bits per heavy atom. The second-order valence-corrected chi connectivity index (χ2v) is 5.53. The first-order valence-corrected chi connectivity index (χ1v) is 6.22. The predicted octanol–water partition coefficient (Wildman–Crippen LogP) is 0.444. The molecule has 0 aromatic rings. The minimum Gasteiger partial charge on any atom is -0.481 e. The average Bonchev–Trinajstić information content (AvgIpc) is 2.57. The number of nitrogens with zero attached hydrogens (tertiary/aromatic N) is 2. The molecule has 6 nitrogen and oxygen atoms in total. The molecule has 1 fully saturated rings. The summed E-state index contributed by atoms with van der Waals surface area (Å²) < 4.78 is 0. The van der Waals surface area contributed by atoms with Gasteiger partial charge in [-0.1, -0.05) is 6.92 Å². The lowest BCUT2D eigenvalue weighted by Gasteiger charge is -2.29. The topological polar surface area (TPSA) is 72.9 Å². The van der Waals surface area contributed by atoms with Gasteiger partial charge in [0, 0.05) is 26.7 Å². The number of carboxylic acids is 1. The highest BCUT2D eigenvalue weighted by Crippen LogP contribution is 2.29. The molecule has 18 heavy (non-hydrogen) atoms.